The average Bonchev–Trinajstić information content (AvgIpc) is 3.01. The Kier molecular flexibility index (Phi) is 4.67. The molecular weight excluding hydrogens is 320 g/mol. The smallest absolute Gasteiger partial charge is 0.295 e. The largest absolute Gasteiger partial charge is 0.339 e. The first kappa shape index (κ1) is 16.4. The first-order valence-electron chi connectivity index (χ1n) is 8.07. The number of rotatable bonds is 3. The Labute approximate surface area is 135 Å². The maximum Gasteiger partial charge on any atom is 0.295 e. The first-order valence-corrected chi connectivity index (χ1v) is 9.57. The SMILES string of the molecule is Cc1nc(C(=O)N2CCC(S(=O)(=O)N3CCCCC3)CC2)no1. The van der Waals surface area contributed by atoms with E-state index in [9.17, 15) is 13.2 Å². The second-order valence-corrected chi connectivity index (χ2v) is 8.35. The van der Waals surface area contributed by atoms with Crippen molar-refractivity contribution in [3.8, 4) is 0 Å². The van der Waals surface area contributed by atoms with Gasteiger partial charge in [0, 0.05) is 33.1 Å². The summed E-state index contributed by atoms with van der Waals surface area (Å²) in [5.41, 5.74) is 0. The van der Waals surface area contributed by atoms with Gasteiger partial charge in [0.1, 0.15) is 0 Å². The van der Waals surface area contributed by atoms with E-state index in [0.717, 1.165) is 19.3 Å². The second kappa shape index (κ2) is 6.56. The van der Waals surface area contributed by atoms with Crippen LogP contribution in [0.4, 0.5) is 0 Å². The Bertz CT molecular complexity index is 658. The quantitative estimate of drug-likeness (QED) is 0.806. The van der Waals surface area contributed by atoms with Crippen molar-refractivity contribution in [1.82, 2.24) is 19.3 Å². The van der Waals surface area contributed by atoms with Crippen LogP contribution in [0.1, 0.15) is 48.6 Å². The van der Waals surface area contributed by atoms with Gasteiger partial charge >= 0.3 is 0 Å². The third-order valence-electron chi connectivity index (χ3n) is 4.54. The fourth-order valence-electron chi connectivity index (χ4n) is 3.21. The standard InChI is InChI=1S/C14H22N4O4S/c1-11-15-13(16-22-11)14(19)17-9-5-12(6-10-17)23(20,21)18-7-3-2-4-8-18/h12H,2-10H2,1H3. The Balaban J connectivity index is 1.60. The first-order chi connectivity index (χ1) is 11.0. The third-order valence-corrected chi connectivity index (χ3v) is 6.94. The van der Waals surface area contributed by atoms with Crippen LogP contribution in [0.25, 0.3) is 0 Å². The van der Waals surface area contributed by atoms with Crippen molar-refractivity contribution in [1.29, 1.82) is 0 Å². The molecule has 1 aromatic rings. The molecule has 0 saturated carbocycles. The molecule has 9 heteroatoms. The molecule has 0 radical (unpaired) electrons. The lowest BCUT2D eigenvalue weighted by atomic mass is 10.1. The van der Waals surface area contributed by atoms with Crippen LogP contribution in [0, 0.1) is 6.92 Å². The van der Waals surface area contributed by atoms with E-state index in [4.69, 9.17) is 4.52 Å². The summed E-state index contributed by atoms with van der Waals surface area (Å²) in [7, 11) is -3.25. The summed E-state index contributed by atoms with van der Waals surface area (Å²) in [4.78, 5) is 17.8. The molecule has 0 aromatic carbocycles. The highest BCUT2D eigenvalue weighted by Crippen LogP contribution is 2.24. The van der Waals surface area contributed by atoms with Crippen molar-refractivity contribution in [3.63, 3.8) is 0 Å². The molecule has 8 nitrogen and oxygen atoms in total. The molecule has 128 valence electrons. The van der Waals surface area contributed by atoms with Crippen LogP contribution in [0.3, 0.4) is 0 Å². The van der Waals surface area contributed by atoms with Gasteiger partial charge in [-0.2, -0.15) is 4.98 Å². The predicted octanol–water partition coefficient (Wildman–Crippen LogP) is 0.798. The number of carbonyl (C=O) groups is 1. The maximum absolute atomic E-state index is 12.7. The topological polar surface area (TPSA) is 96.6 Å². The number of nitrogens with zero attached hydrogens (tertiary/aromatic N) is 4. The third kappa shape index (κ3) is 3.40. The minimum absolute atomic E-state index is 0.0415. The number of likely N-dealkylation sites (tertiary alicyclic amines) is 1. The van der Waals surface area contributed by atoms with Gasteiger partial charge in [0.05, 0.1) is 5.25 Å². The molecule has 3 rings (SSSR count). The molecular formula is C14H22N4O4S. The normalized spacial score (nSPS) is 21.5. The predicted molar refractivity (Wildman–Crippen MR) is 82.3 cm³/mol. The van der Waals surface area contributed by atoms with Crippen molar-refractivity contribution >= 4 is 15.9 Å². The molecule has 1 aromatic heterocycles. The van der Waals surface area contributed by atoms with Crippen LogP contribution in [0.15, 0.2) is 4.52 Å². The molecule has 23 heavy (non-hydrogen) atoms. The molecule has 2 saturated heterocycles. The summed E-state index contributed by atoms with van der Waals surface area (Å²) in [5, 5.41) is 3.24. The molecule has 2 fully saturated rings. The van der Waals surface area contributed by atoms with E-state index in [1.807, 2.05) is 0 Å². The monoisotopic (exact) mass is 342 g/mol. The van der Waals surface area contributed by atoms with E-state index in [2.05, 4.69) is 10.1 Å². The van der Waals surface area contributed by atoms with Gasteiger partial charge in [-0.25, -0.2) is 12.7 Å². The number of piperidine rings is 2. The Morgan fingerprint density at radius 1 is 1.13 bits per heavy atom. The zero-order valence-corrected chi connectivity index (χ0v) is 14.1. The molecule has 0 bridgehead atoms. The van der Waals surface area contributed by atoms with Crippen molar-refractivity contribution in [3.05, 3.63) is 11.7 Å². The zero-order chi connectivity index (χ0) is 16.4. The number of hydrogen-bond donors (Lipinski definition) is 0. The summed E-state index contributed by atoms with van der Waals surface area (Å²) in [5.74, 6) is 0.0893. The van der Waals surface area contributed by atoms with E-state index in [-0.39, 0.29) is 11.7 Å². The van der Waals surface area contributed by atoms with Gasteiger partial charge < -0.3 is 9.42 Å². The van der Waals surface area contributed by atoms with Crippen LogP contribution >= 0.6 is 0 Å². The highest BCUT2D eigenvalue weighted by atomic mass is 32.2. The van der Waals surface area contributed by atoms with E-state index in [1.54, 1.807) is 16.1 Å². The molecule has 2 aliphatic heterocycles. The summed E-state index contributed by atoms with van der Waals surface area (Å²) in [6.07, 6.45) is 3.90. The molecule has 0 unspecified atom stereocenters. The van der Waals surface area contributed by atoms with Gasteiger partial charge in [0.2, 0.25) is 15.9 Å². The number of amides is 1. The summed E-state index contributed by atoms with van der Waals surface area (Å²) in [6, 6.07) is 0. The van der Waals surface area contributed by atoms with E-state index < -0.39 is 15.3 Å². The molecule has 0 N–H and O–H groups in total. The Morgan fingerprint density at radius 3 is 2.35 bits per heavy atom. The lowest BCUT2D eigenvalue weighted by Gasteiger charge is -2.35. The fraction of sp³-hybridized carbons (Fsp3) is 0.786. The molecule has 0 spiro atoms. The lowest BCUT2D eigenvalue weighted by molar-refractivity contribution is 0.0708. The number of hydrogen-bond acceptors (Lipinski definition) is 6. The summed E-state index contributed by atoms with van der Waals surface area (Å²) in [6.45, 7) is 3.70. The van der Waals surface area contributed by atoms with Crippen LogP contribution in [-0.2, 0) is 10.0 Å². The van der Waals surface area contributed by atoms with Crippen LogP contribution in [-0.4, -0.2) is 65.1 Å². The minimum Gasteiger partial charge on any atom is -0.339 e. The van der Waals surface area contributed by atoms with Crippen molar-refractivity contribution < 1.29 is 17.7 Å². The number of aryl methyl sites for hydroxylation is 1. The molecule has 0 atom stereocenters. The van der Waals surface area contributed by atoms with E-state index in [1.165, 1.54) is 0 Å². The number of carbonyl (C=O) groups excluding carboxylic acids is 1. The molecule has 1 amide bonds. The molecule has 2 aliphatic rings. The lowest BCUT2D eigenvalue weighted by Crippen LogP contribution is -2.48. The Hall–Kier alpha value is -1.48. The van der Waals surface area contributed by atoms with Crippen molar-refractivity contribution in [2.75, 3.05) is 26.2 Å². The van der Waals surface area contributed by atoms with Gasteiger partial charge in [-0.05, 0) is 25.7 Å². The highest BCUT2D eigenvalue weighted by molar-refractivity contribution is 7.89. The fourth-order valence-corrected chi connectivity index (χ4v) is 5.21. The van der Waals surface area contributed by atoms with Gasteiger partial charge in [0.15, 0.2) is 0 Å². The maximum atomic E-state index is 12.7. The van der Waals surface area contributed by atoms with E-state index in [0.29, 0.717) is 44.9 Å². The summed E-state index contributed by atoms with van der Waals surface area (Å²) < 4.78 is 31.8. The second-order valence-electron chi connectivity index (χ2n) is 6.13. The van der Waals surface area contributed by atoms with Crippen LogP contribution < -0.4 is 0 Å². The average molecular weight is 342 g/mol. The number of sulfonamides is 1. The van der Waals surface area contributed by atoms with Crippen molar-refractivity contribution in [2.45, 2.75) is 44.3 Å². The van der Waals surface area contributed by atoms with Gasteiger partial charge in [-0.15, -0.1) is 0 Å². The zero-order valence-electron chi connectivity index (χ0n) is 13.3. The van der Waals surface area contributed by atoms with Gasteiger partial charge in [-0.1, -0.05) is 11.6 Å². The van der Waals surface area contributed by atoms with Crippen molar-refractivity contribution in [2.24, 2.45) is 0 Å². The number of aromatic nitrogens is 2. The van der Waals surface area contributed by atoms with E-state index >= 15 is 0 Å². The van der Waals surface area contributed by atoms with Crippen LogP contribution in [0.2, 0.25) is 0 Å². The Morgan fingerprint density at radius 2 is 1.78 bits per heavy atom. The molecule has 3 heterocycles. The minimum atomic E-state index is -3.25. The van der Waals surface area contributed by atoms with Crippen LogP contribution in [0.5, 0.6) is 0 Å². The van der Waals surface area contributed by atoms with Gasteiger partial charge in [0.25, 0.3) is 11.7 Å². The van der Waals surface area contributed by atoms with Gasteiger partial charge in [-0.3, -0.25) is 4.79 Å². The molecule has 0 aliphatic carbocycles. The summed E-state index contributed by atoms with van der Waals surface area (Å²) >= 11 is 0. The highest BCUT2D eigenvalue weighted by Gasteiger charge is 2.36.